The third-order valence-corrected chi connectivity index (χ3v) is 4.16. The van der Waals surface area contributed by atoms with Crippen LogP contribution in [-0.2, 0) is 12.0 Å². The maximum absolute atomic E-state index is 5.59. The van der Waals surface area contributed by atoms with E-state index in [9.17, 15) is 0 Å². The normalized spacial score (nSPS) is 26.9. The molecule has 1 N–H and O–H groups in total. The molecule has 1 atom stereocenters. The van der Waals surface area contributed by atoms with E-state index in [0.717, 1.165) is 25.3 Å². The van der Waals surface area contributed by atoms with Gasteiger partial charge in [0.15, 0.2) is 0 Å². The second kappa shape index (κ2) is 4.34. The van der Waals surface area contributed by atoms with Gasteiger partial charge in [-0.15, -0.1) is 0 Å². The van der Waals surface area contributed by atoms with Crippen molar-refractivity contribution in [3.8, 4) is 5.75 Å². The highest BCUT2D eigenvalue weighted by Crippen LogP contribution is 2.38. The molecule has 1 unspecified atom stereocenters. The summed E-state index contributed by atoms with van der Waals surface area (Å²) in [5.74, 6) is 1.10. The molecule has 1 fully saturated rings. The number of ether oxygens (including phenoxy) is 1. The Hall–Kier alpha value is -1.02. The molecule has 2 heteroatoms. The Morgan fingerprint density at radius 1 is 1.41 bits per heavy atom. The molecule has 2 aliphatic heterocycles. The summed E-state index contributed by atoms with van der Waals surface area (Å²) < 4.78 is 5.59. The van der Waals surface area contributed by atoms with E-state index >= 15 is 0 Å². The van der Waals surface area contributed by atoms with E-state index in [1.54, 1.807) is 0 Å². The van der Waals surface area contributed by atoms with E-state index in [2.05, 4.69) is 30.4 Å². The van der Waals surface area contributed by atoms with Crippen molar-refractivity contribution in [1.82, 2.24) is 5.32 Å². The van der Waals surface area contributed by atoms with E-state index in [4.69, 9.17) is 4.74 Å². The second-order valence-electron chi connectivity index (χ2n) is 5.28. The molecule has 0 spiro atoms. The van der Waals surface area contributed by atoms with Gasteiger partial charge in [0.1, 0.15) is 5.75 Å². The van der Waals surface area contributed by atoms with Gasteiger partial charge in [-0.3, -0.25) is 0 Å². The Morgan fingerprint density at radius 2 is 2.35 bits per heavy atom. The summed E-state index contributed by atoms with van der Waals surface area (Å²) >= 11 is 0. The lowest BCUT2D eigenvalue weighted by atomic mass is 9.83. The minimum Gasteiger partial charge on any atom is -0.493 e. The van der Waals surface area contributed by atoms with Gasteiger partial charge in [0, 0.05) is 12.0 Å². The third kappa shape index (κ3) is 1.85. The van der Waals surface area contributed by atoms with Crippen LogP contribution in [0.3, 0.4) is 0 Å². The Balaban J connectivity index is 1.96. The summed E-state index contributed by atoms with van der Waals surface area (Å²) in [6.45, 7) is 4.29. The lowest BCUT2D eigenvalue weighted by molar-refractivity contribution is 0.352. The molecule has 92 valence electrons. The molecule has 0 aliphatic carbocycles. The predicted molar refractivity (Wildman–Crippen MR) is 69.5 cm³/mol. The first kappa shape index (κ1) is 11.1. The first-order chi connectivity index (χ1) is 8.34. The zero-order valence-corrected chi connectivity index (χ0v) is 10.6. The zero-order valence-electron chi connectivity index (χ0n) is 10.6. The Labute approximate surface area is 103 Å². The van der Waals surface area contributed by atoms with Crippen molar-refractivity contribution < 1.29 is 4.74 Å². The third-order valence-electron chi connectivity index (χ3n) is 4.16. The molecule has 3 rings (SSSR count). The van der Waals surface area contributed by atoms with Crippen molar-refractivity contribution in [2.45, 2.75) is 44.6 Å². The van der Waals surface area contributed by atoms with Crippen LogP contribution in [0.4, 0.5) is 0 Å². The highest BCUT2D eigenvalue weighted by molar-refractivity contribution is 5.42. The van der Waals surface area contributed by atoms with Crippen molar-refractivity contribution in [3.63, 3.8) is 0 Å². The topological polar surface area (TPSA) is 21.3 Å². The van der Waals surface area contributed by atoms with E-state index in [0.29, 0.717) is 0 Å². The fourth-order valence-electron chi connectivity index (χ4n) is 3.32. The van der Waals surface area contributed by atoms with Crippen LogP contribution in [-0.4, -0.2) is 13.2 Å². The molecule has 2 aliphatic rings. The van der Waals surface area contributed by atoms with Crippen molar-refractivity contribution in [1.29, 1.82) is 0 Å². The summed E-state index contributed by atoms with van der Waals surface area (Å²) in [5.41, 5.74) is 3.11. The SMILES string of the molecule is CCCC1(c2ccc3c(c2)CCO3)CCCN1. The minimum absolute atomic E-state index is 0.242. The number of hydrogen-bond donors (Lipinski definition) is 1. The van der Waals surface area contributed by atoms with Gasteiger partial charge in [0.25, 0.3) is 0 Å². The highest BCUT2D eigenvalue weighted by Gasteiger charge is 2.34. The van der Waals surface area contributed by atoms with E-state index in [1.165, 1.54) is 36.8 Å². The largest absolute Gasteiger partial charge is 0.493 e. The molecular formula is C15H21NO. The fourth-order valence-corrected chi connectivity index (χ4v) is 3.32. The molecular weight excluding hydrogens is 210 g/mol. The van der Waals surface area contributed by atoms with Crippen LogP contribution in [0.15, 0.2) is 18.2 Å². The monoisotopic (exact) mass is 231 g/mol. The number of fused-ring (bicyclic) bond motifs is 1. The highest BCUT2D eigenvalue weighted by atomic mass is 16.5. The molecule has 0 amide bonds. The van der Waals surface area contributed by atoms with Gasteiger partial charge in [0.2, 0.25) is 0 Å². The number of nitrogens with one attached hydrogen (secondary N) is 1. The van der Waals surface area contributed by atoms with Crippen LogP contribution in [0.2, 0.25) is 0 Å². The summed E-state index contributed by atoms with van der Waals surface area (Å²) in [4.78, 5) is 0. The van der Waals surface area contributed by atoms with Gasteiger partial charge in [-0.05, 0) is 43.0 Å². The molecule has 0 saturated carbocycles. The minimum atomic E-state index is 0.242. The van der Waals surface area contributed by atoms with Crippen molar-refractivity contribution in [3.05, 3.63) is 29.3 Å². The fraction of sp³-hybridized carbons (Fsp3) is 0.600. The molecule has 1 aromatic carbocycles. The van der Waals surface area contributed by atoms with E-state index < -0.39 is 0 Å². The van der Waals surface area contributed by atoms with Gasteiger partial charge in [-0.25, -0.2) is 0 Å². The average molecular weight is 231 g/mol. The first-order valence-electron chi connectivity index (χ1n) is 6.85. The molecule has 2 heterocycles. The maximum Gasteiger partial charge on any atom is 0.122 e. The van der Waals surface area contributed by atoms with Gasteiger partial charge >= 0.3 is 0 Å². The summed E-state index contributed by atoms with van der Waals surface area (Å²) in [5, 5.41) is 3.74. The van der Waals surface area contributed by atoms with Crippen LogP contribution in [0.5, 0.6) is 5.75 Å². The standard InChI is InChI=1S/C15H21NO/c1-2-7-15(8-3-9-16-15)13-4-5-14-12(11-13)6-10-17-14/h4-5,11,16H,2-3,6-10H2,1H3. The van der Waals surface area contributed by atoms with Crippen molar-refractivity contribution in [2.24, 2.45) is 0 Å². The predicted octanol–water partition coefficient (Wildman–Crippen LogP) is 3.00. The molecule has 0 bridgehead atoms. The lowest BCUT2D eigenvalue weighted by Gasteiger charge is -2.30. The summed E-state index contributed by atoms with van der Waals surface area (Å²) in [7, 11) is 0. The number of hydrogen-bond acceptors (Lipinski definition) is 2. The van der Waals surface area contributed by atoms with Crippen LogP contribution >= 0.6 is 0 Å². The number of rotatable bonds is 3. The lowest BCUT2D eigenvalue weighted by Crippen LogP contribution is -2.36. The summed E-state index contributed by atoms with van der Waals surface area (Å²) in [6.07, 6.45) is 6.13. The maximum atomic E-state index is 5.59. The van der Waals surface area contributed by atoms with Gasteiger partial charge < -0.3 is 10.1 Å². The van der Waals surface area contributed by atoms with Crippen LogP contribution in [0.1, 0.15) is 43.7 Å². The first-order valence-corrected chi connectivity index (χ1v) is 6.85. The Bertz CT molecular complexity index is 407. The second-order valence-corrected chi connectivity index (χ2v) is 5.28. The van der Waals surface area contributed by atoms with E-state index in [1.807, 2.05) is 0 Å². The van der Waals surface area contributed by atoms with Crippen molar-refractivity contribution in [2.75, 3.05) is 13.2 Å². The van der Waals surface area contributed by atoms with Crippen molar-refractivity contribution >= 4 is 0 Å². The van der Waals surface area contributed by atoms with Gasteiger partial charge in [0.05, 0.1) is 6.61 Å². The van der Waals surface area contributed by atoms with E-state index in [-0.39, 0.29) is 5.54 Å². The van der Waals surface area contributed by atoms with Crippen LogP contribution in [0, 0.1) is 0 Å². The molecule has 1 aromatic rings. The molecule has 0 aromatic heterocycles. The van der Waals surface area contributed by atoms with Gasteiger partial charge in [-0.2, -0.15) is 0 Å². The van der Waals surface area contributed by atoms with Gasteiger partial charge in [-0.1, -0.05) is 25.5 Å². The Kier molecular flexibility index (Phi) is 2.83. The van der Waals surface area contributed by atoms with Crippen LogP contribution in [0.25, 0.3) is 0 Å². The smallest absolute Gasteiger partial charge is 0.122 e. The Morgan fingerprint density at radius 3 is 3.12 bits per heavy atom. The number of benzene rings is 1. The van der Waals surface area contributed by atoms with Crippen LogP contribution < -0.4 is 10.1 Å². The zero-order chi connectivity index (χ0) is 11.7. The quantitative estimate of drug-likeness (QED) is 0.863. The molecule has 1 saturated heterocycles. The molecule has 0 radical (unpaired) electrons. The average Bonchev–Trinajstić information content (AvgIpc) is 2.96. The molecule has 2 nitrogen and oxygen atoms in total. The summed E-state index contributed by atoms with van der Waals surface area (Å²) in [6, 6.07) is 6.80. The molecule has 17 heavy (non-hydrogen) atoms.